The van der Waals surface area contributed by atoms with Gasteiger partial charge in [-0.3, -0.25) is 4.99 Å². The van der Waals surface area contributed by atoms with E-state index in [0.29, 0.717) is 6.04 Å². The topological polar surface area (TPSA) is 24.4 Å². The van der Waals surface area contributed by atoms with Gasteiger partial charge in [0.15, 0.2) is 5.17 Å². The van der Waals surface area contributed by atoms with Gasteiger partial charge in [-0.2, -0.15) is 0 Å². The molecule has 1 aromatic rings. The summed E-state index contributed by atoms with van der Waals surface area (Å²) in [4.78, 5) is 4.46. The number of nitrogens with one attached hydrogen (secondary N) is 1. The SMILES string of the molecule is Cc1ccc(NC2=NC(C)CS2)cc1Cl. The predicted molar refractivity (Wildman–Crippen MR) is 69.2 cm³/mol. The summed E-state index contributed by atoms with van der Waals surface area (Å²) in [5.74, 6) is 1.06. The minimum Gasteiger partial charge on any atom is -0.335 e. The Morgan fingerprint density at radius 1 is 1.53 bits per heavy atom. The molecule has 1 aliphatic rings. The molecule has 0 spiro atoms. The molecular formula is C11H13ClN2S. The fourth-order valence-corrected chi connectivity index (χ4v) is 2.44. The second-order valence-electron chi connectivity index (χ2n) is 3.68. The summed E-state index contributed by atoms with van der Waals surface area (Å²) in [6.07, 6.45) is 0. The van der Waals surface area contributed by atoms with Crippen LogP contribution < -0.4 is 5.32 Å². The van der Waals surface area contributed by atoms with Gasteiger partial charge in [0.05, 0.1) is 6.04 Å². The lowest BCUT2D eigenvalue weighted by Gasteiger charge is -2.06. The van der Waals surface area contributed by atoms with Crippen LogP contribution in [0.4, 0.5) is 5.69 Å². The maximum Gasteiger partial charge on any atom is 0.161 e. The second-order valence-corrected chi connectivity index (χ2v) is 5.10. The molecule has 1 aromatic carbocycles. The second kappa shape index (κ2) is 4.45. The molecule has 1 heterocycles. The molecule has 0 aliphatic carbocycles. The van der Waals surface area contributed by atoms with Gasteiger partial charge in [-0.25, -0.2) is 0 Å². The zero-order chi connectivity index (χ0) is 10.8. The first-order valence-electron chi connectivity index (χ1n) is 4.89. The Bertz CT molecular complexity index is 404. The zero-order valence-corrected chi connectivity index (χ0v) is 10.3. The Morgan fingerprint density at radius 3 is 2.93 bits per heavy atom. The number of anilines is 1. The van der Waals surface area contributed by atoms with E-state index >= 15 is 0 Å². The van der Waals surface area contributed by atoms with E-state index in [1.807, 2.05) is 25.1 Å². The van der Waals surface area contributed by atoms with Crippen LogP contribution in [-0.4, -0.2) is 17.0 Å². The van der Waals surface area contributed by atoms with Crippen molar-refractivity contribution in [3.05, 3.63) is 28.8 Å². The Morgan fingerprint density at radius 2 is 2.33 bits per heavy atom. The monoisotopic (exact) mass is 240 g/mol. The molecule has 2 nitrogen and oxygen atoms in total. The Kier molecular flexibility index (Phi) is 3.22. The highest BCUT2D eigenvalue weighted by Crippen LogP contribution is 2.23. The van der Waals surface area contributed by atoms with Gasteiger partial charge in [0.2, 0.25) is 0 Å². The molecular weight excluding hydrogens is 228 g/mol. The van der Waals surface area contributed by atoms with Crippen LogP contribution >= 0.6 is 23.4 Å². The lowest BCUT2D eigenvalue weighted by molar-refractivity contribution is 0.865. The number of thioether (sulfide) groups is 1. The first kappa shape index (κ1) is 10.8. The van der Waals surface area contributed by atoms with Crippen molar-refractivity contribution >= 4 is 34.2 Å². The van der Waals surface area contributed by atoms with Crippen molar-refractivity contribution in [3.8, 4) is 0 Å². The summed E-state index contributed by atoms with van der Waals surface area (Å²) in [6, 6.07) is 6.38. The average molecular weight is 241 g/mol. The third-order valence-electron chi connectivity index (χ3n) is 2.22. The van der Waals surface area contributed by atoms with E-state index in [1.54, 1.807) is 11.8 Å². The fraction of sp³-hybridized carbons (Fsp3) is 0.364. The van der Waals surface area contributed by atoms with Crippen LogP contribution in [0, 0.1) is 6.92 Å². The predicted octanol–water partition coefficient (Wildman–Crippen LogP) is 3.55. The summed E-state index contributed by atoms with van der Waals surface area (Å²) >= 11 is 7.79. The lowest BCUT2D eigenvalue weighted by Crippen LogP contribution is -2.04. The van der Waals surface area contributed by atoms with Gasteiger partial charge in [0.25, 0.3) is 0 Å². The molecule has 1 aliphatic heterocycles. The van der Waals surface area contributed by atoms with Crippen LogP contribution in [0.2, 0.25) is 5.02 Å². The highest BCUT2D eigenvalue weighted by Gasteiger charge is 2.13. The molecule has 0 amide bonds. The van der Waals surface area contributed by atoms with Crippen LogP contribution in [0.3, 0.4) is 0 Å². The number of benzene rings is 1. The molecule has 4 heteroatoms. The van der Waals surface area contributed by atoms with Crippen LogP contribution in [0.1, 0.15) is 12.5 Å². The number of aliphatic imine (C=N–C) groups is 1. The highest BCUT2D eigenvalue weighted by atomic mass is 35.5. The van der Waals surface area contributed by atoms with Gasteiger partial charge in [0.1, 0.15) is 0 Å². The van der Waals surface area contributed by atoms with E-state index in [9.17, 15) is 0 Å². The third kappa shape index (κ3) is 2.67. The van der Waals surface area contributed by atoms with Gasteiger partial charge in [0, 0.05) is 16.5 Å². The molecule has 0 fully saturated rings. The van der Waals surface area contributed by atoms with Gasteiger partial charge in [-0.15, -0.1) is 0 Å². The minimum atomic E-state index is 0.415. The average Bonchev–Trinajstić information content (AvgIpc) is 2.58. The van der Waals surface area contributed by atoms with Crippen molar-refractivity contribution in [1.29, 1.82) is 0 Å². The normalized spacial score (nSPS) is 20.2. The van der Waals surface area contributed by atoms with Crippen molar-refractivity contribution in [2.75, 3.05) is 11.1 Å². The van der Waals surface area contributed by atoms with Crippen LogP contribution in [0.5, 0.6) is 0 Å². The summed E-state index contributed by atoms with van der Waals surface area (Å²) in [6.45, 7) is 4.11. The summed E-state index contributed by atoms with van der Waals surface area (Å²) < 4.78 is 0. The highest BCUT2D eigenvalue weighted by molar-refractivity contribution is 8.14. The molecule has 15 heavy (non-hydrogen) atoms. The Balaban J connectivity index is 2.11. The number of nitrogens with zero attached hydrogens (tertiary/aromatic N) is 1. The number of hydrogen-bond donors (Lipinski definition) is 1. The quantitative estimate of drug-likeness (QED) is 0.812. The third-order valence-corrected chi connectivity index (χ3v) is 3.76. The Hall–Kier alpha value is -0.670. The molecule has 2 rings (SSSR count). The largest absolute Gasteiger partial charge is 0.335 e. The molecule has 0 radical (unpaired) electrons. The summed E-state index contributed by atoms with van der Waals surface area (Å²) in [5, 5.41) is 5.04. The first-order valence-corrected chi connectivity index (χ1v) is 6.25. The van der Waals surface area contributed by atoms with E-state index in [4.69, 9.17) is 11.6 Å². The molecule has 0 saturated carbocycles. The van der Waals surface area contributed by atoms with Gasteiger partial charge in [-0.1, -0.05) is 29.4 Å². The van der Waals surface area contributed by atoms with Gasteiger partial charge in [-0.05, 0) is 31.5 Å². The van der Waals surface area contributed by atoms with Gasteiger partial charge < -0.3 is 5.32 Å². The summed E-state index contributed by atoms with van der Waals surface area (Å²) in [5.41, 5.74) is 2.10. The minimum absolute atomic E-state index is 0.415. The zero-order valence-electron chi connectivity index (χ0n) is 8.75. The van der Waals surface area contributed by atoms with Crippen molar-refractivity contribution in [1.82, 2.24) is 0 Å². The number of aryl methyl sites for hydroxylation is 1. The number of hydrogen-bond acceptors (Lipinski definition) is 3. The van der Waals surface area contributed by atoms with E-state index in [0.717, 1.165) is 27.2 Å². The first-order chi connectivity index (χ1) is 7.15. The fourth-order valence-electron chi connectivity index (χ4n) is 1.34. The molecule has 0 saturated heterocycles. The van der Waals surface area contributed by atoms with E-state index in [1.165, 1.54) is 0 Å². The standard InChI is InChI=1S/C11H13ClN2S/c1-7-3-4-9(5-10(7)12)14-11-13-8(2)6-15-11/h3-5,8H,6H2,1-2H3,(H,13,14). The van der Waals surface area contributed by atoms with E-state index < -0.39 is 0 Å². The van der Waals surface area contributed by atoms with Crippen LogP contribution in [-0.2, 0) is 0 Å². The van der Waals surface area contributed by atoms with Crippen molar-refractivity contribution < 1.29 is 0 Å². The maximum atomic E-state index is 6.04. The van der Waals surface area contributed by atoms with Crippen molar-refractivity contribution in [2.24, 2.45) is 4.99 Å². The molecule has 1 unspecified atom stereocenters. The smallest absolute Gasteiger partial charge is 0.161 e. The van der Waals surface area contributed by atoms with Crippen LogP contribution in [0.15, 0.2) is 23.2 Å². The maximum absolute atomic E-state index is 6.04. The lowest BCUT2D eigenvalue weighted by atomic mass is 10.2. The molecule has 0 bridgehead atoms. The Labute approximate surface area is 99.1 Å². The number of amidine groups is 1. The summed E-state index contributed by atoms with van der Waals surface area (Å²) in [7, 11) is 0. The molecule has 80 valence electrons. The van der Waals surface area contributed by atoms with E-state index in [-0.39, 0.29) is 0 Å². The molecule has 1 N–H and O–H groups in total. The van der Waals surface area contributed by atoms with Crippen molar-refractivity contribution in [2.45, 2.75) is 19.9 Å². The number of halogens is 1. The van der Waals surface area contributed by atoms with Crippen molar-refractivity contribution in [3.63, 3.8) is 0 Å². The molecule has 0 aromatic heterocycles. The van der Waals surface area contributed by atoms with E-state index in [2.05, 4.69) is 17.2 Å². The van der Waals surface area contributed by atoms with Gasteiger partial charge >= 0.3 is 0 Å². The number of rotatable bonds is 1. The van der Waals surface area contributed by atoms with Crippen LogP contribution in [0.25, 0.3) is 0 Å². The molecule has 1 atom stereocenters.